The largest absolute Gasteiger partial charge is 0.311 e. The third-order valence-corrected chi connectivity index (χ3v) is 15.8. The minimum absolute atomic E-state index is 0.0160. The summed E-state index contributed by atoms with van der Waals surface area (Å²) < 4.78 is 0. The Bertz CT molecular complexity index is 2660. The molecule has 2 aliphatic heterocycles. The molecule has 322 valence electrons. The van der Waals surface area contributed by atoms with E-state index in [1.807, 2.05) is 18.5 Å². The number of aromatic nitrogens is 2. The molecular weight excluding hydrogens is 763 g/mol. The van der Waals surface area contributed by atoms with Gasteiger partial charge in [0, 0.05) is 52.1 Å². The third kappa shape index (κ3) is 6.61. The molecule has 0 bridgehead atoms. The molecular formula is C58H67BN4. The highest BCUT2D eigenvalue weighted by Crippen LogP contribution is 2.52. The Morgan fingerprint density at radius 3 is 1.25 bits per heavy atom. The number of nitrogens with zero attached hydrogens (tertiary/aromatic N) is 4. The predicted octanol–water partition coefficient (Wildman–Crippen LogP) is 13.5. The van der Waals surface area contributed by atoms with Gasteiger partial charge in [-0.3, -0.25) is 0 Å². The highest BCUT2D eigenvalue weighted by atomic mass is 15.2. The van der Waals surface area contributed by atoms with Crippen LogP contribution in [0.25, 0.3) is 11.4 Å². The lowest BCUT2D eigenvalue weighted by molar-refractivity contribution is 0.332. The molecule has 0 unspecified atom stereocenters. The molecule has 0 radical (unpaired) electrons. The van der Waals surface area contributed by atoms with Crippen molar-refractivity contribution >= 4 is 57.2 Å². The first-order valence-corrected chi connectivity index (χ1v) is 23.6. The van der Waals surface area contributed by atoms with Crippen molar-refractivity contribution in [1.29, 1.82) is 0 Å². The summed E-state index contributed by atoms with van der Waals surface area (Å²) in [6.45, 7) is 33.5. The van der Waals surface area contributed by atoms with E-state index in [9.17, 15) is 0 Å². The first-order chi connectivity index (χ1) is 29.5. The molecule has 4 aliphatic rings. The second kappa shape index (κ2) is 13.7. The summed E-state index contributed by atoms with van der Waals surface area (Å²) in [5.74, 6) is 0.734. The van der Waals surface area contributed by atoms with E-state index in [0.29, 0.717) is 0 Å². The molecule has 5 heteroatoms. The zero-order valence-electron chi connectivity index (χ0n) is 40.5. The monoisotopic (exact) mass is 831 g/mol. The van der Waals surface area contributed by atoms with E-state index in [1.54, 1.807) is 0 Å². The van der Waals surface area contributed by atoms with Gasteiger partial charge in [0.1, 0.15) is 0 Å². The number of benzene rings is 5. The van der Waals surface area contributed by atoms with Gasteiger partial charge in [0.25, 0.3) is 6.71 Å². The lowest BCUT2D eigenvalue weighted by Crippen LogP contribution is -2.61. The van der Waals surface area contributed by atoms with Gasteiger partial charge in [-0.15, -0.1) is 0 Å². The van der Waals surface area contributed by atoms with E-state index in [4.69, 9.17) is 9.97 Å². The highest BCUT2D eigenvalue weighted by molar-refractivity contribution is 7.00. The number of fused-ring (bicyclic) bond motifs is 6. The highest BCUT2D eigenvalue weighted by Gasteiger charge is 2.46. The molecule has 0 saturated carbocycles. The van der Waals surface area contributed by atoms with Crippen LogP contribution < -0.4 is 26.2 Å². The van der Waals surface area contributed by atoms with Crippen molar-refractivity contribution in [3.8, 4) is 11.4 Å². The smallest absolute Gasteiger partial charge is 0.252 e. The van der Waals surface area contributed by atoms with Crippen LogP contribution in [0.4, 0.5) is 34.1 Å². The Labute approximate surface area is 378 Å². The zero-order valence-corrected chi connectivity index (χ0v) is 40.5. The van der Waals surface area contributed by atoms with E-state index in [1.165, 1.54) is 96.7 Å². The molecule has 0 atom stereocenters. The van der Waals surface area contributed by atoms with E-state index in [0.717, 1.165) is 24.2 Å². The van der Waals surface area contributed by atoms with Crippen LogP contribution >= 0.6 is 0 Å². The average Bonchev–Trinajstić information content (AvgIpc) is 3.23. The van der Waals surface area contributed by atoms with Crippen molar-refractivity contribution in [3.63, 3.8) is 0 Å². The van der Waals surface area contributed by atoms with Gasteiger partial charge < -0.3 is 9.80 Å². The maximum Gasteiger partial charge on any atom is 0.252 e. The number of hydrogen-bond donors (Lipinski definition) is 0. The Balaban J connectivity index is 1.33. The summed E-state index contributed by atoms with van der Waals surface area (Å²) in [6, 6.07) is 36.2. The van der Waals surface area contributed by atoms with Crippen LogP contribution in [0.15, 0.2) is 103 Å². The van der Waals surface area contributed by atoms with Crippen LogP contribution in [-0.2, 0) is 32.5 Å². The van der Waals surface area contributed by atoms with Crippen LogP contribution in [0.3, 0.4) is 0 Å². The second-order valence-electron chi connectivity index (χ2n) is 24.1. The van der Waals surface area contributed by atoms with E-state index in [2.05, 4.69) is 192 Å². The Morgan fingerprint density at radius 2 is 0.857 bits per heavy atom. The Morgan fingerprint density at radius 1 is 0.460 bits per heavy atom. The normalized spacial score (nSPS) is 18.8. The zero-order chi connectivity index (χ0) is 44.8. The standard InChI is InChI=1S/C58H67BN4/c1-53(2,3)37-16-22-45-47(32-37)62(39-18-20-41-43(34-39)57(11,12)26-24-55(41,7)8)49-30-36(52-60-28-15-29-61-52)31-50-51(49)59(45)46-23-17-38(54(4,5)6)33-48(46)63(50)40-19-21-42-44(35-40)58(13,14)27-25-56(42,9)10/h15-23,28-35H,24-27H2,1-14H3. The third-order valence-electron chi connectivity index (χ3n) is 15.8. The lowest BCUT2D eigenvalue weighted by atomic mass is 9.33. The van der Waals surface area contributed by atoms with Crippen LogP contribution in [0, 0.1) is 0 Å². The molecule has 0 saturated heterocycles. The van der Waals surface area contributed by atoms with E-state index in [-0.39, 0.29) is 39.2 Å². The first-order valence-electron chi connectivity index (χ1n) is 23.6. The predicted molar refractivity (Wildman–Crippen MR) is 269 cm³/mol. The Hall–Kier alpha value is -5.16. The van der Waals surface area contributed by atoms with Gasteiger partial charge in [0.15, 0.2) is 5.82 Å². The summed E-state index contributed by atoms with van der Waals surface area (Å²) >= 11 is 0. The first kappa shape index (κ1) is 41.8. The molecule has 4 nitrogen and oxygen atoms in total. The van der Waals surface area contributed by atoms with Gasteiger partial charge in [0.05, 0.1) is 0 Å². The van der Waals surface area contributed by atoms with Crippen molar-refractivity contribution in [3.05, 3.63) is 137 Å². The van der Waals surface area contributed by atoms with Gasteiger partial charge in [-0.05, 0) is 163 Å². The Kier molecular flexibility index (Phi) is 9.08. The maximum absolute atomic E-state index is 4.92. The molecule has 0 N–H and O–H groups in total. The van der Waals surface area contributed by atoms with Gasteiger partial charge in [-0.25, -0.2) is 9.97 Å². The molecule has 5 aromatic carbocycles. The summed E-state index contributed by atoms with van der Waals surface area (Å²) in [7, 11) is 0. The molecule has 10 rings (SSSR count). The average molecular weight is 831 g/mol. The van der Waals surface area contributed by atoms with Crippen molar-refractivity contribution in [2.24, 2.45) is 0 Å². The molecule has 6 aromatic rings. The quantitative estimate of drug-likeness (QED) is 0.166. The van der Waals surface area contributed by atoms with Gasteiger partial charge in [-0.2, -0.15) is 0 Å². The molecule has 0 spiro atoms. The van der Waals surface area contributed by atoms with Gasteiger partial charge >= 0.3 is 0 Å². The minimum atomic E-state index is -0.0363. The van der Waals surface area contributed by atoms with Gasteiger partial charge in [-0.1, -0.05) is 133 Å². The second-order valence-corrected chi connectivity index (χ2v) is 24.1. The SMILES string of the molecule is CC(C)(C)c1ccc2c(c1)N(c1ccc3c(c1)C(C)(C)CCC3(C)C)c1cc(-c3ncccn3)cc3c1B2c1ccc(C(C)(C)C)cc1N3c1ccc2c(c1)C(C)(C)CCC2(C)C. The maximum atomic E-state index is 4.92. The van der Waals surface area contributed by atoms with Crippen LogP contribution in [0.2, 0.25) is 0 Å². The van der Waals surface area contributed by atoms with E-state index < -0.39 is 0 Å². The summed E-state index contributed by atoms with van der Waals surface area (Å²) in [4.78, 5) is 15.1. The lowest BCUT2D eigenvalue weighted by Gasteiger charge is -2.47. The molecule has 63 heavy (non-hydrogen) atoms. The number of anilines is 6. The molecule has 2 aliphatic carbocycles. The van der Waals surface area contributed by atoms with E-state index >= 15 is 0 Å². The fourth-order valence-corrected chi connectivity index (χ4v) is 11.5. The molecule has 1 aromatic heterocycles. The molecule has 0 amide bonds. The van der Waals surface area contributed by atoms with Crippen molar-refractivity contribution < 1.29 is 0 Å². The number of hydrogen-bond acceptors (Lipinski definition) is 4. The van der Waals surface area contributed by atoms with Crippen LogP contribution in [0.5, 0.6) is 0 Å². The van der Waals surface area contributed by atoms with Crippen LogP contribution in [0.1, 0.15) is 156 Å². The van der Waals surface area contributed by atoms with Crippen LogP contribution in [-0.4, -0.2) is 16.7 Å². The summed E-state index contributed by atoms with van der Waals surface area (Å²) in [5, 5.41) is 0. The van der Waals surface area contributed by atoms with Crippen molar-refractivity contribution in [2.75, 3.05) is 9.80 Å². The topological polar surface area (TPSA) is 32.3 Å². The van der Waals surface area contributed by atoms with Crippen molar-refractivity contribution in [1.82, 2.24) is 9.97 Å². The fourth-order valence-electron chi connectivity index (χ4n) is 11.5. The summed E-state index contributed by atoms with van der Waals surface area (Å²) in [6.07, 6.45) is 8.45. The fraction of sp³-hybridized carbons (Fsp3) is 0.414. The van der Waals surface area contributed by atoms with Crippen molar-refractivity contribution in [2.45, 2.75) is 155 Å². The van der Waals surface area contributed by atoms with Gasteiger partial charge in [0.2, 0.25) is 0 Å². The number of rotatable bonds is 3. The molecule has 3 heterocycles. The molecule has 0 fully saturated rings. The summed E-state index contributed by atoms with van der Waals surface area (Å²) in [5.41, 5.74) is 21.2. The minimum Gasteiger partial charge on any atom is -0.311 e.